The summed E-state index contributed by atoms with van der Waals surface area (Å²) in [5, 5.41) is 15.6. The molecule has 2 fully saturated rings. The van der Waals surface area contributed by atoms with Crippen LogP contribution in [-0.2, 0) is 34.7 Å². The molecule has 4 aromatic heterocycles. The molecular weight excluding hydrogens is 704 g/mol. The lowest BCUT2D eigenvalue weighted by Gasteiger charge is -2.26. The molecule has 6 rings (SSSR count). The molecule has 45 heavy (non-hydrogen) atoms. The third-order valence-corrected chi connectivity index (χ3v) is 10.8. The van der Waals surface area contributed by atoms with Gasteiger partial charge in [0.05, 0.1) is 23.8 Å². The maximum atomic E-state index is 15.7. The number of nitrogens with zero attached hydrogens (tertiary/aromatic N) is 7. The van der Waals surface area contributed by atoms with Crippen LogP contribution >= 0.6 is 38.0 Å². The summed E-state index contributed by atoms with van der Waals surface area (Å²) in [6.07, 6.45) is -6.97. The lowest BCUT2D eigenvalue weighted by molar-refractivity contribution is -0.0429. The first-order chi connectivity index (χ1) is 21.4. The average Bonchev–Trinajstić information content (AvgIpc) is 3.73. The van der Waals surface area contributed by atoms with Gasteiger partial charge in [-0.3, -0.25) is 14.3 Å². The summed E-state index contributed by atoms with van der Waals surface area (Å²) < 4.78 is 67.5. The molecule has 2 aliphatic rings. The van der Waals surface area contributed by atoms with E-state index < -0.39 is 80.2 Å². The summed E-state index contributed by atoms with van der Waals surface area (Å²) in [5.41, 5.74) is 10.8. The Morgan fingerprint density at radius 3 is 2.78 bits per heavy atom. The zero-order valence-electron chi connectivity index (χ0n) is 22.3. The number of anilines is 2. The third kappa shape index (κ3) is 6.19. The quantitative estimate of drug-likeness (QED) is 0.0980. The lowest BCUT2D eigenvalue weighted by Crippen LogP contribution is -2.34. The number of thioether (sulfide) groups is 1. The minimum atomic E-state index is -4.36. The number of aliphatic hydroxyl groups excluding tert-OH is 1. The number of rotatable bonds is 10. The molecular formula is C20H23F2N10O8P2S3+. The highest BCUT2D eigenvalue weighted by atomic mass is 32.7. The van der Waals surface area contributed by atoms with E-state index in [1.165, 1.54) is 17.1 Å². The fraction of sp³-hybridized carbons (Fsp3) is 0.500. The first-order valence-corrected chi connectivity index (χ1v) is 18.6. The van der Waals surface area contributed by atoms with Gasteiger partial charge in [-0.25, -0.2) is 23.4 Å². The van der Waals surface area contributed by atoms with Crippen LogP contribution < -0.4 is 17.0 Å². The van der Waals surface area contributed by atoms with Crippen molar-refractivity contribution in [3.63, 3.8) is 0 Å². The van der Waals surface area contributed by atoms with Crippen LogP contribution in [0.4, 0.5) is 20.5 Å². The molecule has 4 aromatic rings. The van der Waals surface area contributed by atoms with E-state index in [0.29, 0.717) is 5.39 Å². The number of hydrogen-bond acceptors (Lipinski definition) is 16. The molecule has 7 N–H and O–H groups in total. The summed E-state index contributed by atoms with van der Waals surface area (Å²) in [6, 6.07) is 1.56. The van der Waals surface area contributed by atoms with Crippen molar-refractivity contribution >= 4 is 83.7 Å². The number of aliphatic hydroxyl groups is 1. The van der Waals surface area contributed by atoms with Gasteiger partial charge in [-0.15, -0.1) is 21.4 Å². The SMILES string of the molecule is Nc1nc2c(nnn2[C@@H]2S[C@H](CO)[C@@H](F)[C@H]2OP(O)(=S)OC[C@H]2O[C@@H](n3ccc4c(N)ncnc43)[C@@H](F)[C@@H]2O[P+](=O)S)c(=O)[nH]1. The Kier molecular flexibility index (Phi) is 9.13. The highest BCUT2D eigenvalue weighted by molar-refractivity contribution is 8.39. The number of thiol groups is 1. The largest absolute Gasteiger partial charge is 0.582 e. The molecule has 0 radical (unpaired) electrons. The summed E-state index contributed by atoms with van der Waals surface area (Å²) in [5.74, 6) is -0.105. The van der Waals surface area contributed by atoms with Crippen molar-refractivity contribution in [2.24, 2.45) is 0 Å². The number of H-pyrrole nitrogens is 1. The zero-order chi connectivity index (χ0) is 32.2. The van der Waals surface area contributed by atoms with Crippen LogP contribution in [0.25, 0.3) is 22.2 Å². The molecule has 6 heterocycles. The van der Waals surface area contributed by atoms with Crippen molar-refractivity contribution in [1.82, 2.24) is 39.5 Å². The van der Waals surface area contributed by atoms with Gasteiger partial charge in [0.1, 0.15) is 53.8 Å². The number of ether oxygens (including phenoxy) is 1. The molecule has 2 saturated heterocycles. The Hall–Kier alpha value is -2.43. The number of aromatic amines is 1. The van der Waals surface area contributed by atoms with E-state index in [0.717, 1.165) is 16.4 Å². The Balaban J connectivity index is 1.22. The van der Waals surface area contributed by atoms with Gasteiger partial charge >= 0.3 is 13.9 Å². The minimum absolute atomic E-state index is 0.106. The monoisotopic (exact) mass is 727 g/mol. The van der Waals surface area contributed by atoms with E-state index in [4.69, 9.17) is 41.6 Å². The van der Waals surface area contributed by atoms with Gasteiger partial charge < -0.3 is 35.3 Å². The van der Waals surface area contributed by atoms with Crippen LogP contribution in [0.2, 0.25) is 0 Å². The normalized spacial score (nSPS) is 30.3. The molecule has 0 spiro atoms. The smallest absolute Gasteiger partial charge is 0.395 e. The van der Waals surface area contributed by atoms with Gasteiger partial charge in [0, 0.05) is 6.20 Å². The predicted octanol–water partition coefficient (Wildman–Crippen LogP) is 0.895. The van der Waals surface area contributed by atoms with Crippen LogP contribution in [0, 0.1) is 0 Å². The molecule has 25 heteroatoms. The van der Waals surface area contributed by atoms with Crippen molar-refractivity contribution in [3.8, 4) is 0 Å². The number of nitrogens with two attached hydrogens (primary N) is 2. The van der Waals surface area contributed by atoms with Gasteiger partial charge in [-0.1, -0.05) is 5.21 Å². The molecule has 10 atom stereocenters. The van der Waals surface area contributed by atoms with E-state index in [1.807, 2.05) is 0 Å². The third-order valence-electron chi connectivity index (χ3n) is 6.99. The number of nitrogen functional groups attached to an aromatic ring is 2. The number of hydrogen-bond donors (Lipinski definition) is 6. The van der Waals surface area contributed by atoms with Gasteiger partial charge in [-0.2, -0.15) is 4.98 Å². The van der Waals surface area contributed by atoms with E-state index in [2.05, 4.69) is 42.5 Å². The minimum Gasteiger partial charge on any atom is -0.395 e. The molecule has 0 saturated carbocycles. The number of nitrogens with one attached hydrogen (secondary N) is 1. The summed E-state index contributed by atoms with van der Waals surface area (Å²) in [4.78, 5) is 37.5. The molecule has 0 aromatic carbocycles. The Morgan fingerprint density at radius 2 is 2.04 bits per heavy atom. The fourth-order valence-corrected chi connectivity index (χ4v) is 8.66. The summed E-state index contributed by atoms with van der Waals surface area (Å²) in [6.45, 7) is -5.63. The van der Waals surface area contributed by atoms with Gasteiger partial charge in [-0.05, 0) is 22.4 Å². The molecule has 2 unspecified atom stereocenters. The molecule has 18 nitrogen and oxygen atoms in total. The van der Waals surface area contributed by atoms with Gasteiger partial charge in [0.15, 0.2) is 29.7 Å². The van der Waals surface area contributed by atoms with Gasteiger partial charge in [0.2, 0.25) is 5.95 Å². The standard InChI is InChI=1S/C20H22F2N10O8P2S3/c21-9-8(3-33)45-19(32-16-11(29-30-32)17(34)28-20(24)27-16)13(9)40-42(36,44)37-4-7-12(39-41(35)43)10(22)18(38-7)31-2-1-6-14(23)25-5-26-15(6)31/h1-2,5,7-10,12-13,18-19,33H,3-4H2,(H6-,23,24,25,26,27,28,30,34,35,36,43,44)/p+1/t7-,8-,9-,10+,12-,13-,18-,19-,42?/m1/s1. The van der Waals surface area contributed by atoms with Crippen LogP contribution in [0.1, 0.15) is 11.6 Å². The molecule has 2 aliphatic heterocycles. The summed E-state index contributed by atoms with van der Waals surface area (Å²) >= 11 is 9.74. The molecule has 242 valence electrons. The fourth-order valence-electron chi connectivity index (χ4n) is 5.01. The van der Waals surface area contributed by atoms with Crippen molar-refractivity contribution in [1.29, 1.82) is 0 Å². The molecule has 0 amide bonds. The highest BCUT2D eigenvalue weighted by Crippen LogP contribution is 2.54. The van der Waals surface area contributed by atoms with Crippen molar-refractivity contribution in [3.05, 3.63) is 28.9 Å². The Bertz CT molecular complexity index is 1870. The average molecular weight is 728 g/mol. The second-order valence-corrected chi connectivity index (χ2v) is 15.5. The molecule has 0 bridgehead atoms. The summed E-state index contributed by atoms with van der Waals surface area (Å²) in [7, 11) is -2.62. The zero-order valence-corrected chi connectivity index (χ0v) is 26.6. The number of halogens is 2. The second kappa shape index (κ2) is 12.6. The lowest BCUT2D eigenvalue weighted by atomic mass is 10.1. The highest BCUT2D eigenvalue weighted by Gasteiger charge is 2.53. The predicted molar refractivity (Wildman–Crippen MR) is 162 cm³/mol. The van der Waals surface area contributed by atoms with Crippen LogP contribution in [0.5, 0.6) is 0 Å². The second-order valence-electron chi connectivity index (χ2n) is 9.72. The number of aromatic nitrogens is 8. The Labute approximate surface area is 265 Å². The first kappa shape index (κ1) is 32.5. The maximum Gasteiger partial charge on any atom is 0.582 e. The van der Waals surface area contributed by atoms with E-state index in [1.54, 1.807) is 6.07 Å². The topological polar surface area (TPSA) is 254 Å². The van der Waals surface area contributed by atoms with Crippen LogP contribution in [-0.4, -0.2) is 98.6 Å². The number of alkyl halides is 2. The maximum absolute atomic E-state index is 15.7. The number of fused-ring (bicyclic) bond motifs is 2. The molecule has 0 aliphatic carbocycles. The van der Waals surface area contributed by atoms with Crippen LogP contribution in [0.3, 0.4) is 0 Å². The van der Waals surface area contributed by atoms with E-state index in [9.17, 15) is 19.4 Å². The van der Waals surface area contributed by atoms with Crippen molar-refractivity contribution < 1.29 is 41.7 Å². The van der Waals surface area contributed by atoms with Crippen molar-refractivity contribution in [2.45, 2.75) is 47.5 Å². The first-order valence-electron chi connectivity index (χ1n) is 12.7. The van der Waals surface area contributed by atoms with Crippen molar-refractivity contribution in [2.75, 3.05) is 24.7 Å². The van der Waals surface area contributed by atoms with E-state index in [-0.39, 0.29) is 28.6 Å². The Morgan fingerprint density at radius 1 is 1.27 bits per heavy atom. The van der Waals surface area contributed by atoms with E-state index >= 15 is 8.78 Å². The van der Waals surface area contributed by atoms with Crippen LogP contribution in [0.15, 0.2) is 23.4 Å². The van der Waals surface area contributed by atoms with Gasteiger partial charge in [0.25, 0.3) is 5.56 Å².